The number of aryl methyl sites for hydroxylation is 2. The predicted molar refractivity (Wildman–Crippen MR) is 89.9 cm³/mol. The first-order valence-electron chi connectivity index (χ1n) is 7.35. The SMILES string of the molecule is Cc1ccc(C(Cl)CN(C)CCc2ccncc2)c(C)c1. The lowest BCUT2D eigenvalue weighted by molar-refractivity contribution is 0.338. The van der Waals surface area contributed by atoms with Crippen molar-refractivity contribution in [1.29, 1.82) is 0 Å². The van der Waals surface area contributed by atoms with Crippen LogP contribution in [0.4, 0.5) is 0 Å². The molecule has 0 aliphatic carbocycles. The normalized spacial score (nSPS) is 12.6. The smallest absolute Gasteiger partial charge is 0.0714 e. The quantitative estimate of drug-likeness (QED) is 0.745. The molecule has 0 saturated heterocycles. The zero-order chi connectivity index (χ0) is 15.2. The molecular weight excluding hydrogens is 280 g/mol. The Hall–Kier alpha value is -1.38. The molecule has 2 aromatic rings. The van der Waals surface area contributed by atoms with Crippen LogP contribution in [-0.4, -0.2) is 30.0 Å². The second-order valence-corrected chi connectivity index (χ2v) is 6.22. The van der Waals surface area contributed by atoms with Gasteiger partial charge in [0, 0.05) is 25.5 Å². The minimum atomic E-state index is 0.0352. The lowest BCUT2D eigenvalue weighted by atomic mass is 10.0. The highest BCUT2D eigenvalue weighted by Crippen LogP contribution is 2.25. The maximum Gasteiger partial charge on any atom is 0.0714 e. The summed E-state index contributed by atoms with van der Waals surface area (Å²) in [6.07, 6.45) is 4.71. The molecule has 112 valence electrons. The highest BCUT2D eigenvalue weighted by molar-refractivity contribution is 6.21. The Morgan fingerprint density at radius 2 is 1.86 bits per heavy atom. The van der Waals surface area contributed by atoms with Gasteiger partial charge in [-0.15, -0.1) is 11.6 Å². The van der Waals surface area contributed by atoms with Crippen molar-refractivity contribution in [2.24, 2.45) is 0 Å². The fraction of sp³-hybridized carbons (Fsp3) is 0.389. The van der Waals surface area contributed by atoms with Crippen LogP contribution in [0, 0.1) is 13.8 Å². The van der Waals surface area contributed by atoms with Gasteiger partial charge in [-0.25, -0.2) is 0 Å². The standard InChI is InChI=1S/C18H23ClN2/c1-14-4-5-17(15(2)12-14)18(19)13-21(3)11-8-16-6-9-20-10-7-16/h4-7,9-10,12,18H,8,11,13H2,1-3H3. The highest BCUT2D eigenvalue weighted by atomic mass is 35.5. The number of benzene rings is 1. The van der Waals surface area contributed by atoms with Crippen molar-refractivity contribution in [3.63, 3.8) is 0 Å². The molecule has 0 amide bonds. The molecule has 0 fully saturated rings. The molecule has 1 heterocycles. The first kappa shape index (κ1) is 16.0. The second kappa shape index (κ2) is 7.58. The van der Waals surface area contributed by atoms with E-state index in [0.29, 0.717) is 0 Å². The molecular formula is C18H23ClN2. The van der Waals surface area contributed by atoms with Crippen molar-refractivity contribution in [1.82, 2.24) is 9.88 Å². The summed E-state index contributed by atoms with van der Waals surface area (Å²) in [7, 11) is 2.13. The molecule has 1 aromatic heterocycles. The molecule has 0 aliphatic rings. The van der Waals surface area contributed by atoms with Crippen molar-refractivity contribution < 1.29 is 0 Å². The minimum absolute atomic E-state index is 0.0352. The summed E-state index contributed by atoms with van der Waals surface area (Å²) in [6.45, 7) is 6.10. The number of pyridine rings is 1. The number of likely N-dealkylation sites (N-methyl/N-ethyl adjacent to an activating group) is 1. The minimum Gasteiger partial charge on any atom is -0.304 e. The monoisotopic (exact) mass is 302 g/mol. The lowest BCUT2D eigenvalue weighted by Crippen LogP contribution is -2.25. The van der Waals surface area contributed by atoms with E-state index in [1.54, 1.807) is 0 Å². The Bertz CT molecular complexity index is 569. The summed E-state index contributed by atoms with van der Waals surface area (Å²) >= 11 is 6.59. The topological polar surface area (TPSA) is 16.1 Å². The molecule has 0 bridgehead atoms. The Morgan fingerprint density at radius 3 is 2.52 bits per heavy atom. The maximum atomic E-state index is 6.59. The van der Waals surface area contributed by atoms with Gasteiger partial charge in [-0.05, 0) is 56.1 Å². The molecule has 0 saturated carbocycles. The summed E-state index contributed by atoms with van der Waals surface area (Å²) in [4.78, 5) is 6.33. The number of halogens is 1. The summed E-state index contributed by atoms with van der Waals surface area (Å²) < 4.78 is 0. The Morgan fingerprint density at radius 1 is 1.14 bits per heavy atom. The van der Waals surface area contributed by atoms with Gasteiger partial charge in [0.15, 0.2) is 0 Å². The van der Waals surface area contributed by atoms with E-state index >= 15 is 0 Å². The van der Waals surface area contributed by atoms with E-state index in [0.717, 1.165) is 19.5 Å². The van der Waals surface area contributed by atoms with E-state index < -0.39 is 0 Å². The van der Waals surface area contributed by atoms with Crippen LogP contribution in [0.3, 0.4) is 0 Å². The van der Waals surface area contributed by atoms with Gasteiger partial charge in [-0.3, -0.25) is 4.98 Å². The van der Waals surface area contributed by atoms with Gasteiger partial charge in [-0.2, -0.15) is 0 Å². The van der Waals surface area contributed by atoms with Crippen LogP contribution < -0.4 is 0 Å². The number of aromatic nitrogens is 1. The molecule has 0 aliphatic heterocycles. The van der Waals surface area contributed by atoms with Crippen LogP contribution in [0.25, 0.3) is 0 Å². The van der Waals surface area contributed by atoms with E-state index in [2.05, 4.69) is 61.1 Å². The van der Waals surface area contributed by atoms with Gasteiger partial charge in [0.25, 0.3) is 0 Å². The third-order valence-electron chi connectivity index (χ3n) is 3.77. The van der Waals surface area contributed by atoms with E-state index in [-0.39, 0.29) is 5.38 Å². The molecule has 0 N–H and O–H groups in total. The second-order valence-electron chi connectivity index (χ2n) is 5.70. The first-order chi connectivity index (χ1) is 10.1. The molecule has 1 atom stereocenters. The molecule has 0 spiro atoms. The molecule has 3 heteroatoms. The fourth-order valence-electron chi connectivity index (χ4n) is 2.51. The van der Waals surface area contributed by atoms with Crippen LogP contribution in [0.2, 0.25) is 0 Å². The van der Waals surface area contributed by atoms with E-state index in [1.807, 2.05) is 12.4 Å². The van der Waals surface area contributed by atoms with Gasteiger partial charge in [-0.1, -0.05) is 23.8 Å². The molecule has 1 unspecified atom stereocenters. The number of alkyl halides is 1. The average Bonchev–Trinajstić information content (AvgIpc) is 2.46. The van der Waals surface area contributed by atoms with Crippen molar-refractivity contribution in [2.75, 3.05) is 20.1 Å². The molecule has 21 heavy (non-hydrogen) atoms. The van der Waals surface area contributed by atoms with Crippen LogP contribution in [0.1, 0.15) is 27.6 Å². The lowest BCUT2D eigenvalue weighted by Gasteiger charge is -2.21. The zero-order valence-electron chi connectivity index (χ0n) is 13.0. The number of rotatable bonds is 6. The van der Waals surface area contributed by atoms with Gasteiger partial charge >= 0.3 is 0 Å². The third kappa shape index (κ3) is 4.83. The van der Waals surface area contributed by atoms with Gasteiger partial charge in [0.2, 0.25) is 0 Å². The average molecular weight is 303 g/mol. The first-order valence-corrected chi connectivity index (χ1v) is 7.78. The Kier molecular flexibility index (Phi) is 5.77. The molecule has 0 radical (unpaired) electrons. The summed E-state index contributed by atoms with van der Waals surface area (Å²) in [6, 6.07) is 10.6. The largest absolute Gasteiger partial charge is 0.304 e. The third-order valence-corrected chi connectivity index (χ3v) is 4.14. The van der Waals surface area contributed by atoms with E-state index in [9.17, 15) is 0 Å². The predicted octanol–water partition coefficient (Wildman–Crippen LogP) is 4.15. The van der Waals surface area contributed by atoms with Crippen molar-refractivity contribution in [3.8, 4) is 0 Å². The van der Waals surface area contributed by atoms with Crippen LogP contribution in [0.5, 0.6) is 0 Å². The van der Waals surface area contributed by atoms with Crippen LogP contribution >= 0.6 is 11.6 Å². The molecule has 2 nitrogen and oxygen atoms in total. The summed E-state index contributed by atoms with van der Waals surface area (Å²) in [5.74, 6) is 0. The van der Waals surface area contributed by atoms with Gasteiger partial charge < -0.3 is 4.90 Å². The van der Waals surface area contributed by atoms with Gasteiger partial charge in [0.05, 0.1) is 5.38 Å². The number of nitrogens with zero attached hydrogens (tertiary/aromatic N) is 2. The number of hydrogen-bond acceptors (Lipinski definition) is 2. The Labute approximate surface area is 132 Å². The number of hydrogen-bond donors (Lipinski definition) is 0. The van der Waals surface area contributed by atoms with Crippen molar-refractivity contribution >= 4 is 11.6 Å². The van der Waals surface area contributed by atoms with Crippen molar-refractivity contribution in [2.45, 2.75) is 25.6 Å². The van der Waals surface area contributed by atoms with E-state index in [1.165, 1.54) is 22.3 Å². The highest BCUT2D eigenvalue weighted by Gasteiger charge is 2.13. The van der Waals surface area contributed by atoms with Crippen LogP contribution in [-0.2, 0) is 6.42 Å². The maximum absolute atomic E-state index is 6.59. The fourth-order valence-corrected chi connectivity index (χ4v) is 2.99. The zero-order valence-corrected chi connectivity index (χ0v) is 13.8. The molecule has 1 aromatic carbocycles. The molecule has 2 rings (SSSR count). The van der Waals surface area contributed by atoms with E-state index in [4.69, 9.17) is 11.6 Å². The van der Waals surface area contributed by atoms with Crippen molar-refractivity contribution in [3.05, 3.63) is 65.0 Å². The Balaban J connectivity index is 1.88. The summed E-state index contributed by atoms with van der Waals surface area (Å²) in [5, 5.41) is 0.0352. The van der Waals surface area contributed by atoms with Crippen LogP contribution in [0.15, 0.2) is 42.7 Å². The van der Waals surface area contributed by atoms with Gasteiger partial charge in [0.1, 0.15) is 0 Å². The summed E-state index contributed by atoms with van der Waals surface area (Å²) in [5.41, 5.74) is 5.11.